The van der Waals surface area contributed by atoms with Gasteiger partial charge in [0, 0.05) is 16.8 Å². The van der Waals surface area contributed by atoms with Crippen molar-refractivity contribution in [2.75, 3.05) is 6.61 Å². The van der Waals surface area contributed by atoms with Gasteiger partial charge in [0.1, 0.15) is 0 Å². The van der Waals surface area contributed by atoms with E-state index in [1.54, 1.807) is 0 Å². The summed E-state index contributed by atoms with van der Waals surface area (Å²) < 4.78 is 0. The van der Waals surface area contributed by atoms with E-state index in [0.717, 1.165) is 35.9 Å². The molecule has 1 amide bonds. The quantitative estimate of drug-likeness (QED) is 0.802. The number of hydrogen-bond acceptors (Lipinski definition) is 3. The lowest BCUT2D eigenvalue weighted by Crippen LogP contribution is -2.45. The van der Waals surface area contributed by atoms with Crippen molar-refractivity contribution in [3.63, 3.8) is 0 Å². The summed E-state index contributed by atoms with van der Waals surface area (Å²) in [4.78, 5) is 12.3. The number of H-pyrrole nitrogens is 1. The summed E-state index contributed by atoms with van der Waals surface area (Å²) in [7, 11) is 0. The van der Waals surface area contributed by atoms with Crippen molar-refractivity contribution < 1.29 is 9.90 Å². The van der Waals surface area contributed by atoms with Gasteiger partial charge in [-0.1, -0.05) is 31.5 Å². The molecule has 3 N–H and O–H groups in total. The largest absolute Gasteiger partial charge is 0.396 e. The van der Waals surface area contributed by atoms with Crippen molar-refractivity contribution in [1.29, 1.82) is 0 Å². The number of hydrogen-bond donors (Lipinski definition) is 3. The summed E-state index contributed by atoms with van der Waals surface area (Å²) in [6, 6.07) is 7.82. The SMILES string of the molecule is CC1(CO)CCCC1NC(=O)Cc1[nH]nc2ccccc12. The first-order chi connectivity index (χ1) is 10.1. The Balaban J connectivity index is 1.69. The van der Waals surface area contributed by atoms with Crippen molar-refractivity contribution in [3.05, 3.63) is 30.0 Å². The molecule has 1 aromatic carbocycles. The van der Waals surface area contributed by atoms with Gasteiger partial charge in [-0.3, -0.25) is 9.89 Å². The molecule has 1 aromatic heterocycles. The number of benzene rings is 1. The van der Waals surface area contributed by atoms with Crippen LogP contribution in [0.5, 0.6) is 0 Å². The Morgan fingerprint density at radius 3 is 3.14 bits per heavy atom. The molecule has 5 heteroatoms. The highest BCUT2D eigenvalue weighted by Gasteiger charge is 2.39. The second kappa shape index (κ2) is 5.48. The molecule has 1 aliphatic carbocycles. The third-order valence-electron chi connectivity index (χ3n) is 4.66. The van der Waals surface area contributed by atoms with E-state index in [9.17, 15) is 9.90 Å². The van der Waals surface area contributed by atoms with Crippen molar-refractivity contribution in [2.24, 2.45) is 5.41 Å². The number of carbonyl (C=O) groups excluding carboxylic acids is 1. The zero-order valence-electron chi connectivity index (χ0n) is 12.2. The summed E-state index contributed by atoms with van der Waals surface area (Å²) in [6.07, 6.45) is 3.24. The van der Waals surface area contributed by atoms with Crippen LogP contribution in [0.4, 0.5) is 0 Å². The average Bonchev–Trinajstić information content (AvgIpc) is 3.05. The number of nitrogens with zero attached hydrogens (tertiary/aromatic N) is 1. The molecule has 0 radical (unpaired) electrons. The summed E-state index contributed by atoms with van der Waals surface area (Å²) in [6.45, 7) is 2.15. The van der Waals surface area contributed by atoms with Crippen LogP contribution in [-0.2, 0) is 11.2 Å². The maximum Gasteiger partial charge on any atom is 0.226 e. The molecule has 1 fully saturated rings. The van der Waals surface area contributed by atoms with E-state index in [2.05, 4.69) is 15.5 Å². The zero-order valence-corrected chi connectivity index (χ0v) is 12.2. The van der Waals surface area contributed by atoms with Crippen LogP contribution in [0.15, 0.2) is 24.3 Å². The summed E-state index contributed by atoms with van der Waals surface area (Å²) in [5.74, 6) is -0.0176. The highest BCUT2D eigenvalue weighted by molar-refractivity contribution is 5.87. The summed E-state index contributed by atoms with van der Waals surface area (Å²) in [5.41, 5.74) is 1.53. The van der Waals surface area contributed by atoms with Crippen molar-refractivity contribution in [1.82, 2.24) is 15.5 Å². The van der Waals surface area contributed by atoms with Gasteiger partial charge >= 0.3 is 0 Å². The van der Waals surface area contributed by atoms with E-state index in [1.807, 2.05) is 31.2 Å². The lowest BCUT2D eigenvalue weighted by molar-refractivity contribution is -0.122. The third-order valence-corrected chi connectivity index (χ3v) is 4.66. The molecule has 0 saturated heterocycles. The molecular weight excluding hydrogens is 266 g/mol. The van der Waals surface area contributed by atoms with Crippen molar-refractivity contribution in [2.45, 2.75) is 38.6 Å². The number of nitrogens with one attached hydrogen (secondary N) is 2. The molecule has 2 unspecified atom stereocenters. The number of rotatable bonds is 4. The molecule has 0 spiro atoms. The maximum absolute atomic E-state index is 12.3. The van der Waals surface area contributed by atoms with Crippen LogP contribution in [0.25, 0.3) is 10.9 Å². The normalized spacial score (nSPS) is 25.3. The molecule has 3 rings (SSSR count). The molecule has 5 nitrogen and oxygen atoms in total. The topological polar surface area (TPSA) is 78.0 Å². The van der Waals surface area contributed by atoms with E-state index in [0.29, 0.717) is 6.42 Å². The average molecular weight is 287 g/mol. The van der Waals surface area contributed by atoms with Gasteiger partial charge in [0.05, 0.1) is 24.2 Å². The van der Waals surface area contributed by atoms with Gasteiger partial charge < -0.3 is 10.4 Å². The fourth-order valence-electron chi connectivity index (χ4n) is 3.22. The minimum absolute atomic E-state index is 0.0176. The molecule has 1 heterocycles. The van der Waals surface area contributed by atoms with Gasteiger partial charge in [0.25, 0.3) is 0 Å². The van der Waals surface area contributed by atoms with E-state index in [-0.39, 0.29) is 24.0 Å². The molecular formula is C16H21N3O2. The number of para-hydroxylation sites is 1. The lowest BCUT2D eigenvalue weighted by Gasteiger charge is -2.30. The van der Waals surface area contributed by atoms with Gasteiger partial charge in [0.15, 0.2) is 0 Å². The number of aromatic amines is 1. The third kappa shape index (κ3) is 2.65. The number of aromatic nitrogens is 2. The molecule has 112 valence electrons. The summed E-state index contributed by atoms with van der Waals surface area (Å²) in [5, 5.41) is 20.8. The Bertz CT molecular complexity index is 652. The predicted octanol–water partition coefficient (Wildman–Crippen LogP) is 1.77. The highest BCUT2D eigenvalue weighted by Crippen LogP contribution is 2.37. The van der Waals surface area contributed by atoms with E-state index in [4.69, 9.17) is 0 Å². The fourth-order valence-corrected chi connectivity index (χ4v) is 3.22. The standard InChI is InChI=1S/C16H21N3O2/c1-16(10-20)8-4-7-14(16)17-15(21)9-13-11-5-2-3-6-12(11)18-19-13/h2-3,5-6,14,20H,4,7-10H2,1H3,(H,17,21)(H,18,19). The Morgan fingerprint density at radius 1 is 1.52 bits per heavy atom. The summed E-state index contributed by atoms with van der Waals surface area (Å²) >= 11 is 0. The van der Waals surface area contributed by atoms with Crippen molar-refractivity contribution in [3.8, 4) is 0 Å². The number of aliphatic hydroxyl groups excluding tert-OH is 1. The molecule has 1 aliphatic rings. The van der Waals surface area contributed by atoms with Crippen LogP contribution >= 0.6 is 0 Å². The smallest absolute Gasteiger partial charge is 0.226 e. The number of aliphatic hydroxyl groups is 1. The van der Waals surface area contributed by atoms with E-state index < -0.39 is 0 Å². The van der Waals surface area contributed by atoms with E-state index >= 15 is 0 Å². The van der Waals surface area contributed by atoms with E-state index in [1.165, 1.54) is 0 Å². The lowest BCUT2D eigenvalue weighted by atomic mass is 9.85. The van der Waals surface area contributed by atoms with Gasteiger partial charge in [-0.05, 0) is 18.9 Å². The Labute approximate surface area is 123 Å². The molecule has 0 aliphatic heterocycles. The minimum atomic E-state index is -0.189. The van der Waals surface area contributed by atoms with Crippen LogP contribution in [0.3, 0.4) is 0 Å². The Hall–Kier alpha value is -1.88. The van der Waals surface area contributed by atoms with Crippen molar-refractivity contribution >= 4 is 16.8 Å². The Morgan fingerprint density at radius 2 is 2.33 bits per heavy atom. The fraction of sp³-hybridized carbons (Fsp3) is 0.500. The van der Waals surface area contributed by atoms with Gasteiger partial charge in [-0.2, -0.15) is 5.10 Å². The molecule has 2 atom stereocenters. The predicted molar refractivity (Wildman–Crippen MR) is 80.8 cm³/mol. The van der Waals surface area contributed by atoms with Gasteiger partial charge in [0.2, 0.25) is 5.91 Å². The highest BCUT2D eigenvalue weighted by atomic mass is 16.3. The second-order valence-electron chi connectivity index (χ2n) is 6.22. The Kier molecular flexibility index (Phi) is 3.68. The molecule has 0 bridgehead atoms. The number of carbonyl (C=O) groups is 1. The zero-order chi connectivity index (χ0) is 14.9. The first-order valence-electron chi connectivity index (χ1n) is 7.44. The van der Waals surface area contributed by atoms with Crippen LogP contribution in [0.2, 0.25) is 0 Å². The number of fused-ring (bicyclic) bond motifs is 1. The second-order valence-corrected chi connectivity index (χ2v) is 6.22. The molecule has 2 aromatic rings. The van der Waals surface area contributed by atoms with Gasteiger partial charge in [-0.25, -0.2) is 0 Å². The minimum Gasteiger partial charge on any atom is -0.396 e. The number of amides is 1. The van der Waals surface area contributed by atoms with Crippen LogP contribution in [0, 0.1) is 5.41 Å². The van der Waals surface area contributed by atoms with Gasteiger partial charge in [-0.15, -0.1) is 0 Å². The van der Waals surface area contributed by atoms with Crippen LogP contribution < -0.4 is 5.32 Å². The molecule has 1 saturated carbocycles. The first-order valence-corrected chi connectivity index (χ1v) is 7.44. The monoisotopic (exact) mass is 287 g/mol. The maximum atomic E-state index is 12.3. The molecule has 21 heavy (non-hydrogen) atoms. The van der Waals surface area contributed by atoms with Crippen LogP contribution in [0.1, 0.15) is 31.9 Å². The first kappa shape index (κ1) is 14.1. The van der Waals surface area contributed by atoms with Crippen LogP contribution in [-0.4, -0.2) is 33.9 Å².